The zero-order chi connectivity index (χ0) is 13.8. The van der Waals surface area contributed by atoms with E-state index < -0.39 is 0 Å². The van der Waals surface area contributed by atoms with E-state index in [1.54, 1.807) is 16.9 Å². The summed E-state index contributed by atoms with van der Waals surface area (Å²) in [5, 5.41) is 11.2. The van der Waals surface area contributed by atoms with Gasteiger partial charge in [0.1, 0.15) is 0 Å². The summed E-state index contributed by atoms with van der Waals surface area (Å²) < 4.78 is 9.02. The molecule has 3 rings (SSSR count). The van der Waals surface area contributed by atoms with Gasteiger partial charge in [0, 0.05) is 44.5 Å². The highest BCUT2D eigenvalue weighted by Gasteiger charge is 2.17. The molecule has 20 heavy (non-hydrogen) atoms. The van der Waals surface area contributed by atoms with Gasteiger partial charge in [0.05, 0.1) is 6.61 Å². The van der Waals surface area contributed by atoms with Gasteiger partial charge in [-0.1, -0.05) is 0 Å². The maximum absolute atomic E-state index is 12.0. The number of hydrogen-bond donors (Lipinski definition) is 1. The second-order valence-corrected chi connectivity index (χ2v) is 4.67. The molecule has 1 N–H and O–H groups in total. The molecule has 0 fully saturated rings. The van der Waals surface area contributed by atoms with Crippen molar-refractivity contribution < 1.29 is 9.53 Å². The van der Waals surface area contributed by atoms with Crippen molar-refractivity contribution in [3.8, 4) is 5.88 Å². The second kappa shape index (κ2) is 5.77. The maximum Gasteiger partial charge on any atom is 0.271 e. The second-order valence-electron chi connectivity index (χ2n) is 4.67. The van der Waals surface area contributed by atoms with Gasteiger partial charge in [0.25, 0.3) is 5.91 Å². The summed E-state index contributed by atoms with van der Waals surface area (Å²) in [6.07, 6.45) is 5.41. The predicted molar refractivity (Wildman–Crippen MR) is 71.5 cm³/mol. The van der Waals surface area contributed by atoms with Gasteiger partial charge < -0.3 is 10.1 Å². The first-order valence-electron chi connectivity index (χ1n) is 6.79. The van der Waals surface area contributed by atoms with Gasteiger partial charge in [-0.25, -0.2) is 4.68 Å². The molecule has 1 aliphatic heterocycles. The molecular formula is C13H17N5O2. The van der Waals surface area contributed by atoms with Crippen molar-refractivity contribution in [1.82, 2.24) is 24.9 Å². The highest BCUT2D eigenvalue weighted by atomic mass is 16.5. The standard InChI is InChI=1S/C13H17N5O2/c19-13(14-4-1-6-17-7-2-5-15-17)11-10-12-18(16-11)8-3-9-20-12/h2,5,7,10H,1,3-4,6,8-9H2,(H,14,19). The topological polar surface area (TPSA) is 74.0 Å². The smallest absolute Gasteiger partial charge is 0.271 e. The first-order chi connectivity index (χ1) is 9.83. The number of nitrogens with one attached hydrogen (secondary N) is 1. The zero-order valence-electron chi connectivity index (χ0n) is 11.2. The number of amides is 1. The van der Waals surface area contributed by atoms with Gasteiger partial charge in [0.2, 0.25) is 5.88 Å². The Morgan fingerprint density at radius 3 is 3.25 bits per heavy atom. The Morgan fingerprint density at radius 2 is 2.45 bits per heavy atom. The van der Waals surface area contributed by atoms with E-state index in [9.17, 15) is 4.79 Å². The quantitative estimate of drug-likeness (QED) is 0.814. The predicted octanol–water partition coefficient (Wildman–Crippen LogP) is 0.682. The number of nitrogens with zero attached hydrogens (tertiary/aromatic N) is 4. The van der Waals surface area contributed by atoms with Crippen molar-refractivity contribution in [2.24, 2.45) is 0 Å². The molecule has 1 aliphatic rings. The lowest BCUT2D eigenvalue weighted by Gasteiger charge is -2.13. The lowest BCUT2D eigenvalue weighted by molar-refractivity contribution is 0.0946. The number of carbonyl (C=O) groups excluding carboxylic acids is 1. The Kier molecular flexibility index (Phi) is 3.67. The molecule has 0 unspecified atom stereocenters. The van der Waals surface area contributed by atoms with Crippen molar-refractivity contribution >= 4 is 5.91 Å². The van der Waals surface area contributed by atoms with Crippen LogP contribution in [-0.4, -0.2) is 38.6 Å². The van der Waals surface area contributed by atoms with Crippen molar-refractivity contribution in [1.29, 1.82) is 0 Å². The van der Waals surface area contributed by atoms with Crippen LogP contribution >= 0.6 is 0 Å². The monoisotopic (exact) mass is 275 g/mol. The van der Waals surface area contributed by atoms with Gasteiger partial charge in [-0.15, -0.1) is 0 Å². The Bertz CT molecular complexity index is 552. The molecule has 1 amide bonds. The third kappa shape index (κ3) is 2.81. The summed E-state index contributed by atoms with van der Waals surface area (Å²) in [5.74, 6) is 0.522. The third-order valence-corrected chi connectivity index (χ3v) is 3.15. The Labute approximate surface area is 116 Å². The van der Waals surface area contributed by atoms with Crippen LogP contribution in [0.15, 0.2) is 24.5 Å². The minimum absolute atomic E-state index is 0.157. The molecule has 2 aromatic heterocycles. The van der Waals surface area contributed by atoms with Crippen LogP contribution in [0.2, 0.25) is 0 Å². The van der Waals surface area contributed by atoms with Crippen molar-refractivity contribution in [2.45, 2.75) is 25.9 Å². The highest BCUT2D eigenvalue weighted by molar-refractivity contribution is 5.92. The van der Waals surface area contributed by atoms with Crippen LogP contribution in [0.4, 0.5) is 0 Å². The number of aromatic nitrogens is 4. The Balaban J connectivity index is 1.48. The van der Waals surface area contributed by atoms with Crippen LogP contribution in [0.5, 0.6) is 5.88 Å². The molecule has 7 nitrogen and oxygen atoms in total. The number of fused-ring (bicyclic) bond motifs is 1. The van der Waals surface area contributed by atoms with E-state index in [0.29, 0.717) is 24.7 Å². The highest BCUT2D eigenvalue weighted by Crippen LogP contribution is 2.18. The Hall–Kier alpha value is -2.31. The van der Waals surface area contributed by atoms with Crippen molar-refractivity contribution in [3.05, 3.63) is 30.2 Å². The average Bonchev–Trinajstić information content (AvgIpc) is 3.12. The molecule has 0 aromatic carbocycles. The summed E-state index contributed by atoms with van der Waals surface area (Å²) in [4.78, 5) is 12.0. The van der Waals surface area contributed by atoms with E-state index >= 15 is 0 Å². The largest absolute Gasteiger partial charge is 0.478 e. The summed E-state index contributed by atoms with van der Waals surface area (Å²) in [5.41, 5.74) is 0.418. The molecule has 0 saturated carbocycles. The van der Waals surface area contributed by atoms with Crippen LogP contribution < -0.4 is 10.1 Å². The van der Waals surface area contributed by atoms with E-state index in [4.69, 9.17) is 4.74 Å². The summed E-state index contributed by atoms with van der Waals surface area (Å²) in [6.45, 7) is 2.89. The van der Waals surface area contributed by atoms with E-state index in [0.717, 1.165) is 25.9 Å². The van der Waals surface area contributed by atoms with E-state index in [2.05, 4.69) is 15.5 Å². The SMILES string of the molecule is O=C(NCCCn1cccn1)c1cc2n(n1)CCCO2. The summed E-state index contributed by atoms with van der Waals surface area (Å²) >= 11 is 0. The van der Waals surface area contributed by atoms with E-state index in [1.807, 2.05) is 16.9 Å². The minimum atomic E-state index is -0.157. The van der Waals surface area contributed by atoms with Crippen LogP contribution in [0, 0.1) is 0 Å². The Morgan fingerprint density at radius 1 is 1.50 bits per heavy atom. The summed E-state index contributed by atoms with van der Waals surface area (Å²) in [7, 11) is 0. The normalized spacial score (nSPS) is 13.6. The molecule has 0 bridgehead atoms. The average molecular weight is 275 g/mol. The first kappa shape index (κ1) is 12.7. The van der Waals surface area contributed by atoms with Crippen LogP contribution in [0.3, 0.4) is 0 Å². The fourth-order valence-electron chi connectivity index (χ4n) is 2.14. The zero-order valence-corrected chi connectivity index (χ0v) is 11.2. The minimum Gasteiger partial charge on any atom is -0.478 e. The van der Waals surface area contributed by atoms with Crippen molar-refractivity contribution in [3.63, 3.8) is 0 Å². The number of aryl methyl sites for hydroxylation is 2. The van der Waals surface area contributed by atoms with Gasteiger partial charge in [0.15, 0.2) is 5.69 Å². The van der Waals surface area contributed by atoms with Crippen molar-refractivity contribution in [2.75, 3.05) is 13.2 Å². The molecule has 7 heteroatoms. The van der Waals surface area contributed by atoms with E-state index in [-0.39, 0.29) is 5.91 Å². The molecule has 0 saturated heterocycles. The maximum atomic E-state index is 12.0. The molecule has 0 atom stereocenters. The van der Waals surface area contributed by atoms with Crippen LogP contribution in [0.1, 0.15) is 23.3 Å². The molecule has 0 aliphatic carbocycles. The lowest BCUT2D eigenvalue weighted by atomic mass is 10.3. The molecule has 3 heterocycles. The first-order valence-corrected chi connectivity index (χ1v) is 6.79. The third-order valence-electron chi connectivity index (χ3n) is 3.15. The fraction of sp³-hybridized carbons (Fsp3) is 0.462. The molecule has 106 valence electrons. The van der Waals surface area contributed by atoms with Gasteiger partial charge >= 0.3 is 0 Å². The van der Waals surface area contributed by atoms with Gasteiger partial charge in [-0.2, -0.15) is 10.2 Å². The molecule has 0 spiro atoms. The molecular weight excluding hydrogens is 258 g/mol. The van der Waals surface area contributed by atoms with Crippen LogP contribution in [0.25, 0.3) is 0 Å². The number of rotatable bonds is 5. The molecule has 0 radical (unpaired) electrons. The number of hydrogen-bond acceptors (Lipinski definition) is 4. The van der Waals surface area contributed by atoms with E-state index in [1.165, 1.54) is 0 Å². The van der Waals surface area contributed by atoms with Gasteiger partial charge in [-0.05, 0) is 12.5 Å². The fourth-order valence-corrected chi connectivity index (χ4v) is 2.14. The number of ether oxygens (including phenoxy) is 1. The van der Waals surface area contributed by atoms with Crippen LogP contribution in [-0.2, 0) is 13.1 Å². The van der Waals surface area contributed by atoms with Gasteiger partial charge in [-0.3, -0.25) is 9.48 Å². The summed E-state index contributed by atoms with van der Waals surface area (Å²) in [6, 6.07) is 3.58. The lowest BCUT2D eigenvalue weighted by Crippen LogP contribution is -2.26. The molecule has 2 aromatic rings. The number of carbonyl (C=O) groups is 1.